The summed E-state index contributed by atoms with van der Waals surface area (Å²) in [6.45, 7) is 1.13. The Balaban J connectivity index is 1.56. The predicted octanol–water partition coefficient (Wildman–Crippen LogP) is 2.91. The van der Waals surface area contributed by atoms with Crippen LogP contribution in [0.25, 0.3) is 0 Å². The Morgan fingerprint density at radius 1 is 1.19 bits per heavy atom. The summed E-state index contributed by atoms with van der Waals surface area (Å²) in [5, 5.41) is 3.70. The summed E-state index contributed by atoms with van der Waals surface area (Å²) >= 11 is 1.86. The molecule has 2 unspecified atom stereocenters. The maximum Gasteiger partial charge on any atom is 0.0545 e. The highest BCUT2D eigenvalue weighted by atomic mass is 32.2. The minimum Gasteiger partial charge on any atom is -0.313 e. The summed E-state index contributed by atoms with van der Waals surface area (Å²) in [4.78, 5) is 0. The molecule has 0 aromatic carbocycles. The monoisotopic (exact) mass is 237 g/mol. The third-order valence-electron chi connectivity index (χ3n) is 3.87. The Kier molecular flexibility index (Phi) is 5.06. The summed E-state index contributed by atoms with van der Waals surface area (Å²) in [5.74, 6) is 6.83. The van der Waals surface area contributed by atoms with E-state index in [9.17, 15) is 0 Å². The van der Waals surface area contributed by atoms with Gasteiger partial charge < -0.3 is 5.32 Å². The van der Waals surface area contributed by atoms with Gasteiger partial charge in [0.05, 0.1) is 5.75 Å². The molecule has 0 bridgehead atoms. The summed E-state index contributed by atoms with van der Waals surface area (Å²) in [5.41, 5.74) is 0. The third-order valence-corrected chi connectivity index (χ3v) is 4.73. The van der Waals surface area contributed by atoms with Crippen molar-refractivity contribution in [2.45, 2.75) is 44.6 Å². The van der Waals surface area contributed by atoms with E-state index in [2.05, 4.69) is 11.2 Å². The minimum absolute atomic E-state index is 0.797. The number of hydrogen-bond acceptors (Lipinski definition) is 2. The molecule has 0 radical (unpaired) electrons. The highest BCUT2D eigenvalue weighted by Crippen LogP contribution is 2.43. The van der Waals surface area contributed by atoms with Gasteiger partial charge in [-0.05, 0) is 37.5 Å². The average molecular weight is 237 g/mol. The molecule has 2 rings (SSSR count). The molecule has 2 aliphatic carbocycles. The van der Waals surface area contributed by atoms with Crippen LogP contribution in [0.15, 0.2) is 0 Å². The third kappa shape index (κ3) is 4.03. The molecule has 2 fully saturated rings. The van der Waals surface area contributed by atoms with Crippen molar-refractivity contribution in [1.29, 1.82) is 0 Å². The lowest BCUT2D eigenvalue weighted by atomic mass is 9.83. The predicted molar refractivity (Wildman–Crippen MR) is 72.6 cm³/mol. The van der Waals surface area contributed by atoms with Crippen LogP contribution in [0, 0.1) is 24.2 Å². The second kappa shape index (κ2) is 6.57. The van der Waals surface area contributed by atoms with Crippen LogP contribution < -0.4 is 5.32 Å². The Morgan fingerprint density at radius 3 is 2.81 bits per heavy atom. The zero-order chi connectivity index (χ0) is 11.2. The summed E-state index contributed by atoms with van der Waals surface area (Å²) < 4.78 is 0. The average Bonchev–Trinajstić information content (AvgIpc) is 3.13. The zero-order valence-corrected chi connectivity index (χ0v) is 10.9. The molecule has 2 atom stereocenters. The van der Waals surface area contributed by atoms with Crippen LogP contribution in [0.5, 0.6) is 0 Å². The lowest BCUT2D eigenvalue weighted by Gasteiger charge is -2.30. The van der Waals surface area contributed by atoms with E-state index < -0.39 is 0 Å². The molecule has 0 aliphatic heterocycles. The second-order valence-electron chi connectivity index (χ2n) is 5.17. The van der Waals surface area contributed by atoms with Gasteiger partial charge >= 0.3 is 0 Å². The molecule has 1 nitrogen and oxygen atoms in total. The molecular weight excluding hydrogens is 214 g/mol. The molecule has 2 heteroatoms. The standard InChI is InChI=1S/C14H23NS/c1-2-9-16-10-8-15-14-5-3-4-13(11-14)12-6-7-12/h1,12-15H,3-11H2. The van der Waals surface area contributed by atoms with Gasteiger partial charge in [-0.3, -0.25) is 0 Å². The van der Waals surface area contributed by atoms with Gasteiger partial charge in [0.15, 0.2) is 0 Å². The van der Waals surface area contributed by atoms with Gasteiger partial charge in [-0.25, -0.2) is 0 Å². The Hall–Kier alpha value is -0.130. The highest BCUT2D eigenvalue weighted by molar-refractivity contribution is 7.99. The molecule has 0 spiro atoms. The van der Waals surface area contributed by atoms with Crippen molar-refractivity contribution in [2.24, 2.45) is 11.8 Å². The van der Waals surface area contributed by atoms with Gasteiger partial charge in [-0.1, -0.05) is 18.8 Å². The van der Waals surface area contributed by atoms with Crippen LogP contribution in [-0.4, -0.2) is 24.1 Å². The maximum absolute atomic E-state index is 5.22. The van der Waals surface area contributed by atoms with Crippen LogP contribution in [0.1, 0.15) is 38.5 Å². The molecule has 0 saturated heterocycles. The number of nitrogens with one attached hydrogen (secondary N) is 1. The van der Waals surface area contributed by atoms with E-state index in [1.54, 1.807) is 0 Å². The highest BCUT2D eigenvalue weighted by Gasteiger charge is 2.34. The zero-order valence-electron chi connectivity index (χ0n) is 10.1. The van der Waals surface area contributed by atoms with E-state index in [0.717, 1.165) is 35.9 Å². The van der Waals surface area contributed by atoms with Gasteiger partial charge in [0.2, 0.25) is 0 Å². The lowest BCUT2D eigenvalue weighted by molar-refractivity contribution is 0.264. The van der Waals surface area contributed by atoms with Crippen LogP contribution in [0.4, 0.5) is 0 Å². The summed E-state index contributed by atoms with van der Waals surface area (Å²) in [7, 11) is 0. The van der Waals surface area contributed by atoms with Crippen molar-refractivity contribution < 1.29 is 0 Å². The van der Waals surface area contributed by atoms with E-state index in [1.165, 1.54) is 38.5 Å². The van der Waals surface area contributed by atoms with Crippen molar-refractivity contribution in [2.75, 3.05) is 18.1 Å². The van der Waals surface area contributed by atoms with E-state index >= 15 is 0 Å². The quantitative estimate of drug-likeness (QED) is 0.563. The molecule has 0 aromatic heterocycles. The normalized spacial score (nSPS) is 29.9. The maximum atomic E-state index is 5.22. The smallest absolute Gasteiger partial charge is 0.0545 e. The van der Waals surface area contributed by atoms with Crippen LogP contribution in [0.3, 0.4) is 0 Å². The van der Waals surface area contributed by atoms with Gasteiger partial charge in [0.1, 0.15) is 0 Å². The molecular formula is C14H23NS. The minimum atomic E-state index is 0.797. The molecule has 1 N–H and O–H groups in total. The first kappa shape index (κ1) is 12.3. The van der Waals surface area contributed by atoms with Crippen LogP contribution in [0.2, 0.25) is 0 Å². The Bertz CT molecular complexity index is 242. The number of hydrogen-bond donors (Lipinski definition) is 1. The van der Waals surface area contributed by atoms with Crippen molar-refractivity contribution in [3.63, 3.8) is 0 Å². The summed E-state index contributed by atoms with van der Waals surface area (Å²) in [6.07, 6.45) is 14.0. The van der Waals surface area contributed by atoms with Crippen molar-refractivity contribution in [3.05, 3.63) is 0 Å². The van der Waals surface area contributed by atoms with Gasteiger partial charge in [-0.2, -0.15) is 0 Å². The summed E-state index contributed by atoms with van der Waals surface area (Å²) in [6, 6.07) is 0.797. The van der Waals surface area contributed by atoms with Crippen molar-refractivity contribution in [1.82, 2.24) is 5.32 Å². The SMILES string of the molecule is C#CCSCCNC1CCCC(C2CC2)C1. The van der Waals surface area contributed by atoms with Crippen molar-refractivity contribution in [3.8, 4) is 12.3 Å². The lowest BCUT2D eigenvalue weighted by Crippen LogP contribution is -2.36. The molecule has 0 heterocycles. The molecule has 2 saturated carbocycles. The number of rotatable bonds is 6. The second-order valence-corrected chi connectivity index (χ2v) is 6.28. The van der Waals surface area contributed by atoms with Gasteiger partial charge in [0.25, 0.3) is 0 Å². The van der Waals surface area contributed by atoms with Crippen LogP contribution in [-0.2, 0) is 0 Å². The fourth-order valence-corrected chi connectivity index (χ4v) is 3.40. The first-order valence-electron chi connectivity index (χ1n) is 6.64. The molecule has 0 amide bonds. The molecule has 90 valence electrons. The Labute approximate surface area is 104 Å². The largest absolute Gasteiger partial charge is 0.313 e. The number of terminal acetylenes is 1. The van der Waals surface area contributed by atoms with E-state index in [4.69, 9.17) is 6.42 Å². The van der Waals surface area contributed by atoms with Crippen molar-refractivity contribution >= 4 is 11.8 Å². The van der Waals surface area contributed by atoms with E-state index in [0.29, 0.717) is 0 Å². The molecule has 2 aliphatic rings. The van der Waals surface area contributed by atoms with Gasteiger partial charge in [0, 0.05) is 18.3 Å². The van der Waals surface area contributed by atoms with Crippen LogP contribution >= 0.6 is 11.8 Å². The number of thioether (sulfide) groups is 1. The first-order chi connectivity index (χ1) is 7.90. The fourth-order valence-electron chi connectivity index (χ4n) is 2.88. The topological polar surface area (TPSA) is 12.0 Å². The Morgan fingerprint density at radius 2 is 2.06 bits per heavy atom. The molecule has 0 aromatic rings. The van der Waals surface area contributed by atoms with E-state index in [1.807, 2.05) is 11.8 Å². The van der Waals surface area contributed by atoms with Gasteiger partial charge in [-0.15, -0.1) is 18.2 Å². The first-order valence-corrected chi connectivity index (χ1v) is 7.80. The molecule has 16 heavy (non-hydrogen) atoms. The van der Waals surface area contributed by atoms with E-state index in [-0.39, 0.29) is 0 Å². The fraction of sp³-hybridized carbons (Fsp3) is 0.857.